The van der Waals surface area contributed by atoms with E-state index in [-0.39, 0.29) is 17.8 Å². The van der Waals surface area contributed by atoms with E-state index in [0.717, 1.165) is 5.69 Å². The van der Waals surface area contributed by atoms with Gasteiger partial charge < -0.3 is 4.98 Å². The van der Waals surface area contributed by atoms with Crippen LogP contribution >= 0.6 is 12.2 Å². The summed E-state index contributed by atoms with van der Waals surface area (Å²) in [5.74, 6) is 0.114. The van der Waals surface area contributed by atoms with Gasteiger partial charge in [0.2, 0.25) is 0 Å². The molecule has 2 rings (SSSR count). The number of nitrogens with one attached hydrogen (secondary N) is 2. The molecule has 4 nitrogen and oxygen atoms in total. The smallest absolute Gasteiger partial charge is 0.255 e. The molecule has 0 unspecified atom stereocenters. The van der Waals surface area contributed by atoms with E-state index in [1.165, 1.54) is 0 Å². The van der Waals surface area contributed by atoms with Crippen LogP contribution in [0.15, 0.2) is 4.79 Å². The van der Waals surface area contributed by atoms with Crippen LogP contribution < -0.4 is 5.56 Å². The zero-order valence-electron chi connectivity index (χ0n) is 6.85. The second-order valence-electron chi connectivity index (χ2n) is 3.08. The molecule has 1 aromatic heterocycles. The molecule has 0 fully saturated rings. The summed E-state index contributed by atoms with van der Waals surface area (Å²) in [5, 5.41) is 0. The highest BCUT2D eigenvalue weighted by Gasteiger charge is 2.18. The molecule has 13 heavy (non-hydrogen) atoms. The van der Waals surface area contributed by atoms with Crippen LogP contribution in [0.25, 0.3) is 0 Å². The van der Waals surface area contributed by atoms with E-state index in [9.17, 15) is 9.59 Å². The zero-order valence-corrected chi connectivity index (χ0v) is 7.66. The standard InChI is InChI=1S/C8H8N2O2S/c11-4-1-2-6-5(3-4)7(12)10-8(13)9-6/h1-3H2,(H2,9,10,12,13). The van der Waals surface area contributed by atoms with E-state index in [0.29, 0.717) is 23.2 Å². The Balaban J connectivity index is 2.66. The molecule has 1 aromatic rings. The largest absolute Gasteiger partial charge is 0.336 e. The zero-order chi connectivity index (χ0) is 9.42. The normalized spacial score (nSPS) is 15.5. The SMILES string of the molecule is O=C1CCc2[nH]c(=S)[nH]c(=O)c2C1. The number of aromatic nitrogens is 2. The van der Waals surface area contributed by atoms with Crippen molar-refractivity contribution in [1.82, 2.24) is 9.97 Å². The molecule has 1 heterocycles. The Kier molecular flexibility index (Phi) is 1.88. The molecule has 0 aliphatic heterocycles. The Labute approximate surface area is 79.0 Å². The van der Waals surface area contributed by atoms with E-state index in [1.54, 1.807) is 0 Å². The lowest BCUT2D eigenvalue weighted by Gasteiger charge is -2.12. The molecule has 5 heteroatoms. The summed E-state index contributed by atoms with van der Waals surface area (Å²) >= 11 is 4.82. The molecule has 1 aliphatic rings. The third-order valence-electron chi connectivity index (χ3n) is 2.16. The van der Waals surface area contributed by atoms with Crippen LogP contribution in [0, 0.1) is 4.77 Å². The number of fused-ring (bicyclic) bond motifs is 1. The lowest BCUT2D eigenvalue weighted by atomic mass is 9.96. The summed E-state index contributed by atoms with van der Waals surface area (Å²) in [6, 6.07) is 0. The van der Waals surface area contributed by atoms with Gasteiger partial charge in [-0.15, -0.1) is 0 Å². The molecular weight excluding hydrogens is 188 g/mol. The third-order valence-corrected chi connectivity index (χ3v) is 2.36. The van der Waals surface area contributed by atoms with Crippen LogP contribution in [0.1, 0.15) is 17.7 Å². The minimum Gasteiger partial charge on any atom is -0.336 e. The summed E-state index contributed by atoms with van der Waals surface area (Å²) in [5.41, 5.74) is 1.13. The highest BCUT2D eigenvalue weighted by Crippen LogP contribution is 2.12. The molecular formula is C8H8N2O2S. The molecule has 1 aliphatic carbocycles. The van der Waals surface area contributed by atoms with Crippen molar-refractivity contribution < 1.29 is 4.79 Å². The number of ketones is 1. The highest BCUT2D eigenvalue weighted by molar-refractivity contribution is 7.71. The first-order valence-electron chi connectivity index (χ1n) is 4.03. The van der Waals surface area contributed by atoms with Gasteiger partial charge in [-0.2, -0.15) is 0 Å². The minimum absolute atomic E-state index is 0.114. The van der Waals surface area contributed by atoms with Crippen molar-refractivity contribution in [2.75, 3.05) is 0 Å². The summed E-state index contributed by atoms with van der Waals surface area (Å²) in [6.45, 7) is 0. The van der Waals surface area contributed by atoms with Gasteiger partial charge in [0, 0.05) is 24.1 Å². The maximum atomic E-state index is 11.3. The number of carbonyl (C=O) groups is 1. The predicted octanol–water partition coefficient (Wildman–Crippen LogP) is 0.490. The molecule has 2 N–H and O–H groups in total. The van der Waals surface area contributed by atoms with E-state index in [1.807, 2.05) is 0 Å². The van der Waals surface area contributed by atoms with Crippen LogP contribution in [0.4, 0.5) is 0 Å². The number of aromatic amines is 2. The minimum atomic E-state index is -0.230. The number of Topliss-reactive ketones (excluding diaryl/α,β-unsaturated/α-hetero) is 1. The summed E-state index contributed by atoms with van der Waals surface area (Å²) in [7, 11) is 0. The molecule has 0 saturated heterocycles. The summed E-state index contributed by atoms with van der Waals surface area (Å²) in [6.07, 6.45) is 1.33. The Morgan fingerprint density at radius 3 is 2.69 bits per heavy atom. The average molecular weight is 196 g/mol. The molecule has 0 radical (unpaired) electrons. The van der Waals surface area contributed by atoms with Gasteiger partial charge in [0.15, 0.2) is 4.77 Å². The van der Waals surface area contributed by atoms with Crippen molar-refractivity contribution in [3.63, 3.8) is 0 Å². The monoisotopic (exact) mass is 196 g/mol. The molecule has 0 aromatic carbocycles. The van der Waals surface area contributed by atoms with Crippen molar-refractivity contribution in [1.29, 1.82) is 0 Å². The van der Waals surface area contributed by atoms with E-state index in [2.05, 4.69) is 9.97 Å². The second kappa shape index (κ2) is 2.92. The van der Waals surface area contributed by atoms with Crippen LogP contribution in [-0.2, 0) is 17.6 Å². The van der Waals surface area contributed by atoms with E-state index < -0.39 is 0 Å². The highest BCUT2D eigenvalue weighted by atomic mass is 32.1. The summed E-state index contributed by atoms with van der Waals surface area (Å²) < 4.78 is 0.332. The van der Waals surface area contributed by atoms with Crippen LogP contribution in [0.3, 0.4) is 0 Å². The first-order chi connectivity index (χ1) is 6.16. The van der Waals surface area contributed by atoms with Crippen molar-refractivity contribution in [3.05, 3.63) is 26.4 Å². The fourth-order valence-corrected chi connectivity index (χ4v) is 1.73. The topological polar surface area (TPSA) is 65.7 Å². The third kappa shape index (κ3) is 1.47. The molecule has 0 atom stereocenters. The average Bonchev–Trinajstić information content (AvgIpc) is 2.06. The number of aryl methyl sites for hydroxylation is 1. The van der Waals surface area contributed by atoms with Gasteiger partial charge in [-0.25, -0.2) is 0 Å². The fraction of sp³-hybridized carbons (Fsp3) is 0.375. The first-order valence-corrected chi connectivity index (χ1v) is 4.43. The Hall–Kier alpha value is -1.23. The Bertz CT molecular complexity index is 472. The number of carbonyl (C=O) groups excluding carboxylic acids is 1. The number of rotatable bonds is 0. The van der Waals surface area contributed by atoms with Gasteiger partial charge in [-0.3, -0.25) is 14.6 Å². The van der Waals surface area contributed by atoms with Gasteiger partial charge >= 0.3 is 0 Å². The Morgan fingerprint density at radius 2 is 1.92 bits per heavy atom. The first kappa shape index (κ1) is 8.37. The Morgan fingerprint density at radius 1 is 1.15 bits per heavy atom. The van der Waals surface area contributed by atoms with Crippen LogP contribution in [0.2, 0.25) is 0 Å². The van der Waals surface area contributed by atoms with Crippen molar-refractivity contribution >= 4 is 18.0 Å². The lowest BCUT2D eigenvalue weighted by Crippen LogP contribution is -2.25. The van der Waals surface area contributed by atoms with Crippen molar-refractivity contribution in [2.24, 2.45) is 0 Å². The van der Waals surface area contributed by atoms with Gasteiger partial charge in [-0.1, -0.05) is 0 Å². The maximum absolute atomic E-state index is 11.3. The van der Waals surface area contributed by atoms with Gasteiger partial charge in [0.1, 0.15) is 5.78 Å². The van der Waals surface area contributed by atoms with Crippen molar-refractivity contribution in [2.45, 2.75) is 19.3 Å². The number of hydrogen-bond acceptors (Lipinski definition) is 3. The van der Waals surface area contributed by atoms with Gasteiger partial charge in [0.25, 0.3) is 5.56 Å². The molecule has 0 spiro atoms. The van der Waals surface area contributed by atoms with Gasteiger partial charge in [0.05, 0.1) is 0 Å². The van der Waals surface area contributed by atoms with Crippen LogP contribution in [0.5, 0.6) is 0 Å². The molecule has 0 amide bonds. The predicted molar refractivity (Wildman–Crippen MR) is 49.3 cm³/mol. The van der Waals surface area contributed by atoms with Crippen molar-refractivity contribution in [3.8, 4) is 0 Å². The van der Waals surface area contributed by atoms with E-state index >= 15 is 0 Å². The number of hydrogen-bond donors (Lipinski definition) is 2. The van der Waals surface area contributed by atoms with Crippen LogP contribution in [-0.4, -0.2) is 15.8 Å². The molecule has 68 valence electrons. The summed E-state index contributed by atoms with van der Waals surface area (Å²) in [4.78, 5) is 27.8. The molecule has 0 saturated carbocycles. The van der Waals surface area contributed by atoms with E-state index in [4.69, 9.17) is 12.2 Å². The molecule has 0 bridgehead atoms. The lowest BCUT2D eigenvalue weighted by molar-refractivity contribution is -0.118. The number of H-pyrrole nitrogens is 2. The fourth-order valence-electron chi connectivity index (χ4n) is 1.51. The maximum Gasteiger partial charge on any atom is 0.255 e. The second-order valence-corrected chi connectivity index (χ2v) is 3.49. The van der Waals surface area contributed by atoms with Gasteiger partial charge in [-0.05, 0) is 18.6 Å². The quantitative estimate of drug-likeness (QED) is 0.593.